The minimum absolute atomic E-state index is 0. The van der Waals surface area contributed by atoms with Crippen LogP contribution < -0.4 is 0 Å². The van der Waals surface area contributed by atoms with Crippen LogP contribution in [0.5, 0.6) is 0 Å². The first-order valence-electron chi connectivity index (χ1n) is 7.69. The molecule has 1 radical (unpaired) electrons. The Morgan fingerprint density at radius 2 is 1.67 bits per heavy atom. The molecule has 0 heterocycles. The molecule has 0 unspecified atom stereocenters. The normalized spacial score (nSPS) is 23.0. The van der Waals surface area contributed by atoms with Gasteiger partial charge in [0.2, 0.25) is 0 Å². The fourth-order valence-corrected chi connectivity index (χ4v) is 3.65. The second-order valence-corrected chi connectivity index (χ2v) is 7.11. The second-order valence-electron chi connectivity index (χ2n) is 7.11. The van der Waals surface area contributed by atoms with Crippen LogP contribution in [0.3, 0.4) is 0 Å². The molecular weight excluding hydrogens is 393 g/mol. The van der Waals surface area contributed by atoms with Crippen molar-refractivity contribution < 1.29 is 44.4 Å². The summed E-state index contributed by atoms with van der Waals surface area (Å²) in [4.78, 5) is 0. The van der Waals surface area contributed by atoms with Gasteiger partial charge in [0.25, 0.3) is 0 Å². The summed E-state index contributed by atoms with van der Waals surface area (Å²) in [7, 11) is 0. The van der Waals surface area contributed by atoms with Crippen LogP contribution >= 0.6 is 0 Å². The third kappa shape index (κ3) is 4.17. The van der Waals surface area contributed by atoms with E-state index in [2.05, 4.69) is 19.9 Å². The molecule has 0 atom stereocenters. The maximum Gasteiger partial charge on any atom is 0.0530 e. The molecule has 0 amide bonds. The van der Waals surface area contributed by atoms with Crippen molar-refractivity contribution in [2.24, 2.45) is 17.8 Å². The zero-order chi connectivity index (χ0) is 14.9. The fraction of sp³-hybridized carbons (Fsp3) is 0.667. The largest absolute Gasteiger partial charge is 0.281 e. The summed E-state index contributed by atoms with van der Waals surface area (Å²) < 4.78 is 27.5. The van der Waals surface area contributed by atoms with Crippen LogP contribution in [0, 0.1) is 71.1 Å². The van der Waals surface area contributed by atoms with Gasteiger partial charge in [-0.3, -0.25) is 4.39 Å². The predicted octanol–water partition coefficient (Wildman–Crippen LogP) is 5.50. The van der Waals surface area contributed by atoms with Crippen LogP contribution in [0.25, 0.3) is 0 Å². The van der Waals surface area contributed by atoms with E-state index in [1.165, 1.54) is 12.8 Å². The molecule has 0 aliphatic heterocycles. The van der Waals surface area contributed by atoms with E-state index in [-0.39, 0.29) is 41.0 Å². The SMILES string of the molecule is CC(C)C1CCC(C(C)(C)c2c[c-]cc(F)c2F)CC1.[La]. The first-order valence-corrected chi connectivity index (χ1v) is 7.69. The van der Waals surface area contributed by atoms with Gasteiger partial charge in [-0.15, -0.1) is 11.6 Å². The minimum Gasteiger partial charge on any atom is -0.281 e. The van der Waals surface area contributed by atoms with Gasteiger partial charge < -0.3 is 0 Å². The van der Waals surface area contributed by atoms with Crippen molar-refractivity contribution in [3.63, 3.8) is 0 Å². The zero-order valence-electron chi connectivity index (χ0n) is 13.5. The van der Waals surface area contributed by atoms with E-state index in [0.29, 0.717) is 11.5 Å². The molecule has 0 bridgehead atoms. The summed E-state index contributed by atoms with van der Waals surface area (Å²) >= 11 is 0. The Kier molecular flexibility index (Phi) is 7.09. The van der Waals surface area contributed by atoms with E-state index in [0.717, 1.165) is 30.7 Å². The monoisotopic (exact) mass is 418 g/mol. The van der Waals surface area contributed by atoms with Gasteiger partial charge in [0.05, 0.1) is 5.82 Å². The average molecular weight is 418 g/mol. The van der Waals surface area contributed by atoms with Gasteiger partial charge in [0.15, 0.2) is 0 Å². The van der Waals surface area contributed by atoms with E-state index in [9.17, 15) is 8.78 Å². The van der Waals surface area contributed by atoms with Gasteiger partial charge in [-0.05, 0) is 36.0 Å². The van der Waals surface area contributed by atoms with E-state index in [1.807, 2.05) is 13.8 Å². The summed E-state index contributed by atoms with van der Waals surface area (Å²) in [6, 6.07) is 5.42. The van der Waals surface area contributed by atoms with Gasteiger partial charge in [0.1, 0.15) is 0 Å². The summed E-state index contributed by atoms with van der Waals surface area (Å²) in [6.07, 6.45) is 4.61. The van der Waals surface area contributed by atoms with E-state index < -0.39 is 11.6 Å². The number of halogens is 2. The second kappa shape index (κ2) is 7.70. The minimum atomic E-state index is -0.786. The van der Waals surface area contributed by atoms with Gasteiger partial charge in [-0.1, -0.05) is 40.5 Å². The Hall–Kier alpha value is 0.275. The van der Waals surface area contributed by atoms with E-state index >= 15 is 0 Å². The smallest absolute Gasteiger partial charge is 0.0530 e. The summed E-state index contributed by atoms with van der Waals surface area (Å²) in [5.41, 5.74) is 0.149. The molecule has 0 aromatic heterocycles. The number of benzene rings is 1. The van der Waals surface area contributed by atoms with Crippen LogP contribution in [0.2, 0.25) is 0 Å². The third-order valence-corrected chi connectivity index (χ3v) is 5.31. The molecule has 0 spiro atoms. The molecule has 0 saturated heterocycles. The molecule has 2 rings (SSSR count). The number of hydrogen-bond acceptors (Lipinski definition) is 0. The first-order chi connectivity index (χ1) is 9.34. The molecule has 1 aliphatic rings. The Labute approximate surface area is 155 Å². The van der Waals surface area contributed by atoms with Crippen LogP contribution in [-0.4, -0.2) is 0 Å². The Bertz CT molecular complexity index is 460. The third-order valence-electron chi connectivity index (χ3n) is 5.31. The van der Waals surface area contributed by atoms with E-state index in [4.69, 9.17) is 0 Å². The van der Waals surface area contributed by atoms with Crippen molar-refractivity contribution in [1.82, 2.24) is 0 Å². The molecule has 1 aliphatic carbocycles. The van der Waals surface area contributed by atoms with Crippen molar-refractivity contribution in [3.05, 3.63) is 35.4 Å². The van der Waals surface area contributed by atoms with Gasteiger partial charge in [-0.2, -0.15) is 12.1 Å². The van der Waals surface area contributed by atoms with Crippen molar-refractivity contribution in [2.45, 2.75) is 58.8 Å². The summed E-state index contributed by atoms with van der Waals surface area (Å²) in [6.45, 7) is 8.63. The molecule has 0 nitrogen and oxygen atoms in total. The Morgan fingerprint density at radius 3 is 2.19 bits per heavy atom. The topological polar surface area (TPSA) is 0 Å². The maximum absolute atomic E-state index is 14.1. The molecule has 1 aromatic rings. The summed E-state index contributed by atoms with van der Waals surface area (Å²) in [5, 5.41) is 0. The number of hydrogen-bond donors (Lipinski definition) is 0. The van der Waals surface area contributed by atoms with Crippen LogP contribution in [0.1, 0.15) is 58.9 Å². The van der Waals surface area contributed by atoms with Crippen molar-refractivity contribution in [1.29, 1.82) is 0 Å². The van der Waals surface area contributed by atoms with E-state index in [1.54, 1.807) is 6.07 Å². The standard InChI is InChI=1S/C18H25F2.La/c1-12(2)13-8-10-14(11-9-13)18(3,4)15-6-5-7-16(19)17(15)20;/h6-7,12-14H,8-11H2,1-4H3;/q-1;. The van der Waals surface area contributed by atoms with Crippen LogP contribution in [0.15, 0.2) is 12.1 Å². The van der Waals surface area contributed by atoms with Gasteiger partial charge >= 0.3 is 0 Å². The molecule has 115 valence electrons. The fourth-order valence-electron chi connectivity index (χ4n) is 3.65. The summed E-state index contributed by atoms with van der Waals surface area (Å²) in [5.74, 6) is 0.442. The Morgan fingerprint density at radius 1 is 1.10 bits per heavy atom. The van der Waals surface area contributed by atoms with Crippen LogP contribution in [0.4, 0.5) is 8.78 Å². The van der Waals surface area contributed by atoms with Crippen molar-refractivity contribution in [2.75, 3.05) is 0 Å². The molecular formula is C18H25F2La-. The zero-order valence-corrected chi connectivity index (χ0v) is 17.2. The molecule has 1 saturated carbocycles. The quantitative estimate of drug-likeness (QED) is 0.569. The van der Waals surface area contributed by atoms with Crippen LogP contribution in [-0.2, 0) is 5.41 Å². The number of rotatable bonds is 3. The van der Waals surface area contributed by atoms with Crippen molar-refractivity contribution in [3.8, 4) is 0 Å². The molecule has 0 N–H and O–H groups in total. The van der Waals surface area contributed by atoms with Gasteiger partial charge in [-0.25, -0.2) is 4.39 Å². The van der Waals surface area contributed by atoms with Gasteiger partial charge in [0, 0.05) is 41.4 Å². The molecule has 21 heavy (non-hydrogen) atoms. The van der Waals surface area contributed by atoms with Crippen molar-refractivity contribution >= 4 is 0 Å². The Balaban J connectivity index is 0.00000220. The average Bonchev–Trinajstić information content (AvgIpc) is 2.41. The molecule has 1 fully saturated rings. The molecule has 1 aromatic carbocycles. The predicted molar refractivity (Wildman–Crippen MR) is 78.5 cm³/mol. The molecule has 3 heteroatoms. The maximum atomic E-state index is 14.1. The first kappa shape index (κ1) is 19.3.